The molecule has 1 atom stereocenters. The van der Waals surface area contributed by atoms with Gasteiger partial charge in [0.25, 0.3) is 0 Å². The van der Waals surface area contributed by atoms with Crippen LogP contribution >= 0.6 is 15.9 Å². The molecule has 1 unspecified atom stereocenters. The Morgan fingerprint density at radius 1 is 1.48 bits per heavy atom. The Bertz CT molecular complexity index is 639. The minimum Gasteiger partial charge on any atom is -0.271 e. The fourth-order valence-corrected chi connectivity index (χ4v) is 3.20. The minimum absolute atomic E-state index is 0.252. The van der Waals surface area contributed by atoms with Gasteiger partial charge in [-0.1, -0.05) is 24.6 Å². The number of aromatic nitrogens is 2. The van der Waals surface area contributed by atoms with Crippen molar-refractivity contribution in [2.75, 3.05) is 0 Å². The lowest BCUT2D eigenvalue weighted by molar-refractivity contribution is 0.496. The van der Waals surface area contributed by atoms with E-state index in [0.717, 1.165) is 27.8 Å². The van der Waals surface area contributed by atoms with E-state index in [4.69, 9.17) is 5.84 Å². The van der Waals surface area contributed by atoms with E-state index in [9.17, 15) is 4.39 Å². The summed E-state index contributed by atoms with van der Waals surface area (Å²) in [6.07, 6.45) is 1.40. The van der Waals surface area contributed by atoms with Gasteiger partial charge in [0.15, 0.2) is 0 Å². The number of hydrazine groups is 1. The van der Waals surface area contributed by atoms with Crippen LogP contribution in [0.15, 0.2) is 22.7 Å². The van der Waals surface area contributed by atoms with Crippen molar-refractivity contribution in [3.05, 3.63) is 51.0 Å². The van der Waals surface area contributed by atoms with Crippen LogP contribution in [0.5, 0.6) is 0 Å². The van der Waals surface area contributed by atoms with Crippen molar-refractivity contribution in [1.82, 2.24) is 15.2 Å². The Morgan fingerprint density at radius 3 is 2.76 bits per heavy atom. The number of nitrogens with one attached hydrogen (secondary N) is 1. The van der Waals surface area contributed by atoms with E-state index < -0.39 is 0 Å². The van der Waals surface area contributed by atoms with Crippen molar-refractivity contribution in [3.63, 3.8) is 0 Å². The molecule has 0 saturated heterocycles. The Morgan fingerprint density at radius 2 is 2.19 bits per heavy atom. The first-order valence-corrected chi connectivity index (χ1v) is 7.69. The summed E-state index contributed by atoms with van der Waals surface area (Å²) in [6, 6.07) is 4.75. The van der Waals surface area contributed by atoms with E-state index in [2.05, 4.69) is 33.4 Å². The van der Waals surface area contributed by atoms with Gasteiger partial charge in [0.2, 0.25) is 0 Å². The SMILES string of the molecule is CCc1nn(C)c(CC(NN)c2cc(C)ccc2F)c1Br. The molecule has 1 aromatic carbocycles. The number of aryl methyl sites for hydroxylation is 3. The predicted octanol–water partition coefficient (Wildman–Crippen LogP) is 2.94. The van der Waals surface area contributed by atoms with Crippen LogP contribution in [-0.4, -0.2) is 9.78 Å². The third-order valence-corrected chi connectivity index (χ3v) is 4.54. The molecule has 114 valence electrons. The Hall–Kier alpha value is -1.24. The molecule has 0 saturated carbocycles. The molecule has 1 heterocycles. The number of rotatable bonds is 5. The number of nitrogens with zero attached hydrogens (tertiary/aromatic N) is 2. The lowest BCUT2D eigenvalue weighted by Gasteiger charge is -2.18. The molecule has 3 N–H and O–H groups in total. The first-order valence-electron chi connectivity index (χ1n) is 6.90. The second-order valence-corrected chi connectivity index (χ2v) is 5.93. The topological polar surface area (TPSA) is 55.9 Å². The van der Waals surface area contributed by atoms with Gasteiger partial charge in [0.05, 0.1) is 21.9 Å². The van der Waals surface area contributed by atoms with Crippen molar-refractivity contribution < 1.29 is 4.39 Å². The molecule has 0 aliphatic heterocycles. The van der Waals surface area contributed by atoms with Crippen LogP contribution in [0.1, 0.15) is 35.5 Å². The molecule has 0 amide bonds. The van der Waals surface area contributed by atoms with Crippen molar-refractivity contribution in [2.24, 2.45) is 12.9 Å². The Kier molecular flexibility index (Phi) is 5.13. The molecule has 0 fully saturated rings. The summed E-state index contributed by atoms with van der Waals surface area (Å²) in [5, 5.41) is 4.46. The van der Waals surface area contributed by atoms with Gasteiger partial charge >= 0.3 is 0 Å². The van der Waals surface area contributed by atoms with Crippen molar-refractivity contribution in [3.8, 4) is 0 Å². The molecule has 2 rings (SSSR count). The predicted molar refractivity (Wildman–Crippen MR) is 85.2 cm³/mol. The van der Waals surface area contributed by atoms with Crippen LogP contribution in [0.4, 0.5) is 4.39 Å². The van der Waals surface area contributed by atoms with Gasteiger partial charge in [-0.15, -0.1) is 0 Å². The molecule has 2 aromatic rings. The van der Waals surface area contributed by atoms with E-state index >= 15 is 0 Å². The zero-order valence-corrected chi connectivity index (χ0v) is 14.0. The second kappa shape index (κ2) is 6.68. The van der Waals surface area contributed by atoms with Gasteiger partial charge in [0.1, 0.15) is 5.82 Å². The largest absolute Gasteiger partial charge is 0.271 e. The summed E-state index contributed by atoms with van der Waals surface area (Å²) in [5.41, 5.74) is 6.28. The summed E-state index contributed by atoms with van der Waals surface area (Å²) in [4.78, 5) is 0. The van der Waals surface area contributed by atoms with Crippen LogP contribution < -0.4 is 11.3 Å². The average Bonchev–Trinajstić information content (AvgIpc) is 2.74. The third kappa shape index (κ3) is 3.33. The first kappa shape index (κ1) is 16.1. The number of nitrogens with two attached hydrogens (primary N) is 1. The number of benzene rings is 1. The van der Waals surface area contributed by atoms with Gasteiger partial charge in [-0.2, -0.15) is 5.10 Å². The van der Waals surface area contributed by atoms with Crippen molar-refractivity contribution in [1.29, 1.82) is 0 Å². The fourth-order valence-electron chi connectivity index (χ4n) is 2.42. The maximum absolute atomic E-state index is 14.1. The van der Waals surface area contributed by atoms with Gasteiger partial charge in [-0.05, 0) is 35.3 Å². The summed E-state index contributed by atoms with van der Waals surface area (Å²) >= 11 is 3.58. The highest BCUT2D eigenvalue weighted by molar-refractivity contribution is 9.10. The molecule has 1 aromatic heterocycles. The summed E-state index contributed by atoms with van der Waals surface area (Å²) < 4.78 is 16.8. The lowest BCUT2D eigenvalue weighted by Crippen LogP contribution is -2.31. The molecule has 0 bridgehead atoms. The van der Waals surface area contributed by atoms with Crippen LogP contribution in [0.3, 0.4) is 0 Å². The van der Waals surface area contributed by atoms with E-state index in [1.807, 2.05) is 24.7 Å². The highest BCUT2D eigenvalue weighted by Crippen LogP contribution is 2.28. The average molecular weight is 355 g/mol. The number of hydrogen-bond donors (Lipinski definition) is 2. The van der Waals surface area contributed by atoms with Crippen molar-refractivity contribution >= 4 is 15.9 Å². The molecular formula is C15H20BrFN4. The molecular weight excluding hydrogens is 335 g/mol. The summed E-state index contributed by atoms with van der Waals surface area (Å²) in [6.45, 7) is 3.99. The molecule has 0 aliphatic rings. The number of halogens is 2. The zero-order chi connectivity index (χ0) is 15.6. The van der Waals surface area contributed by atoms with E-state index in [0.29, 0.717) is 12.0 Å². The third-order valence-electron chi connectivity index (χ3n) is 3.63. The van der Waals surface area contributed by atoms with Gasteiger partial charge in [-0.25, -0.2) is 4.39 Å². The normalized spacial score (nSPS) is 12.7. The Balaban J connectivity index is 2.36. The van der Waals surface area contributed by atoms with Crippen LogP contribution in [0.2, 0.25) is 0 Å². The quantitative estimate of drug-likeness (QED) is 0.641. The van der Waals surface area contributed by atoms with Gasteiger partial charge in [0, 0.05) is 19.0 Å². The van der Waals surface area contributed by atoms with Gasteiger partial charge < -0.3 is 0 Å². The Labute approximate surface area is 132 Å². The molecule has 0 radical (unpaired) electrons. The van der Waals surface area contributed by atoms with Crippen LogP contribution in [0.25, 0.3) is 0 Å². The van der Waals surface area contributed by atoms with Crippen molar-refractivity contribution in [2.45, 2.75) is 32.7 Å². The van der Waals surface area contributed by atoms with E-state index in [-0.39, 0.29) is 11.9 Å². The molecule has 21 heavy (non-hydrogen) atoms. The number of hydrogen-bond acceptors (Lipinski definition) is 3. The van der Waals surface area contributed by atoms with E-state index in [1.54, 1.807) is 6.07 Å². The van der Waals surface area contributed by atoms with Crippen LogP contribution in [0, 0.1) is 12.7 Å². The summed E-state index contributed by atoms with van der Waals surface area (Å²) in [7, 11) is 1.89. The fraction of sp³-hybridized carbons (Fsp3) is 0.400. The standard InChI is InChI=1S/C15H20BrFN4/c1-4-12-15(16)14(21(3)20-12)8-13(19-18)10-7-9(2)5-6-11(10)17/h5-7,13,19H,4,8,18H2,1-3H3. The highest BCUT2D eigenvalue weighted by atomic mass is 79.9. The smallest absolute Gasteiger partial charge is 0.128 e. The summed E-state index contributed by atoms with van der Waals surface area (Å²) in [5.74, 6) is 5.40. The monoisotopic (exact) mass is 354 g/mol. The first-order chi connectivity index (χ1) is 9.97. The maximum Gasteiger partial charge on any atom is 0.128 e. The molecule has 4 nitrogen and oxygen atoms in total. The van der Waals surface area contributed by atoms with E-state index in [1.165, 1.54) is 6.07 Å². The van der Waals surface area contributed by atoms with Gasteiger partial charge in [-0.3, -0.25) is 16.0 Å². The van der Waals surface area contributed by atoms with Crippen LogP contribution in [-0.2, 0) is 19.9 Å². The highest BCUT2D eigenvalue weighted by Gasteiger charge is 2.20. The maximum atomic E-state index is 14.1. The minimum atomic E-state index is -0.304. The second-order valence-electron chi connectivity index (χ2n) is 5.13. The lowest BCUT2D eigenvalue weighted by atomic mass is 10.00. The zero-order valence-electron chi connectivity index (χ0n) is 12.5. The molecule has 0 spiro atoms. The molecule has 0 aliphatic carbocycles. The molecule has 6 heteroatoms.